The summed E-state index contributed by atoms with van der Waals surface area (Å²) in [7, 11) is 3.87. The first-order valence-corrected chi connectivity index (χ1v) is 6.87. The number of rotatable bonds is 4. The fourth-order valence-electron chi connectivity index (χ4n) is 2.57. The Morgan fingerprint density at radius 1 is 1.50 bits per heavy atom. The number of hydrogen-bond acceptors (Lipinski definition) is 4. The highest BCUT2D eigenvalue weighted by Crippen LogP contribution is 2.15. The number of likely N-dealkylation sites (N-methyl/N-ethyl adjacent to an activating group) is 2. The van der Waals surface area contributed by atoms with E-state index in [1.807, 2.05) is 0 Å². The van der Waals surface area contributed by atoms with Crippen LogP contribution < -0.4 is 11.3 Å². The van der Waals surface area contributed by atoms with E-state index in [-0.39, 0.29) is 18.0 Å². The van der Waals surface area contributed by atoms with Crippen LogP contribution in [0, 0.1) is 0 Å². The molecule has 1 amide bonds. The van der Waals surface area contributed by atoms with Crippen molar-refractivity contribution in [3.8, 4) is 0 Å². The molecular formula is C14H22N4O2. The predicted molar refractivity (Wildman–Crippen MR) is 78.4 cm³/mol. The molecule has 6 nitrogen and oxygen atoms in total. The number of nitrogens with two attached hydrogens (primary N) is 1. The number of carbonyl (C=O) groups excluding carboxylic acids is 1. The summed E-state index contributed by atoms with van der Waals surface area (Å²) in [6, 6.07) is 3.34. The molecule has 110 valence electrons. The zero-order chi connectivity index (χ0) is 14.7. The molecule has 1 aliphatic heterocycles. The molecule has 2 N–H and O–H groups in total. The van der Waals surface area contributed by atoms with Gasteiger partial charge in [-0.05, 0) is 32.5 Å². The second kappa shape index (κ2) is 6.09. The average molecular weight is 278 g/mol. The number of hydrogen-bond donors (Lipinski definition) is 1. The lowest BCUT2D eigenvalue weighted by Gasteiger charge is -2.26. The van der Waals surface area contributed by atoms with Gasteiger partial charge in [0.05, 0.1) is 0 Å². The SMILES string of the molecule is CN(CC1CCCN1C)C(=O)Cn1cc(N)ccc1=O. The number of anilines is 1. The minimum absolute atomic E-state index is 0.0385. The van der Waals surface area contributed by atoms with Crippen LogP contribution in [0.2, 0.25) is 0 Å². The Labute approximate surface area is 118 Å². The molecule has 1 unspecified atom stereocenters. The Balaban J connectivity index is 1.97. The minimum Gasteiger partial charge on any atom is -0.398 e. The van der Waals surface area contributed by atoms with E-state index in [0.29, 0.717) is 18.3 Å². The number of likely N-dealkylation sites (tertiary alicyclic amines) is 1. The fraction of sp³-hybridized carbons (Fsp3) is 0.571. The first kappa shape index (κ1) is 14.6. The second-order valence-corrected chi connectivity index (χ2v) is 5.48. The molecule has 6 heteroatoms. The smallest absolute Gasteiger partial charge is 0.251 e. The Hall–Kier alpha value is -1.82. The zero-order valence-corrected chi connectivity index (χ0v) is 12.1. The van der Waals surface area contributed by atoms with Gasteiger partial charge in [0.2, 0.25) is 5.91 Å². The Bertz CT molecular complexity index is 540. The fourth-order valence-corrected chi connectivity index (χ4v) is 2.57. The van der Waals surface area contributed by atoms with Crippen molar-refractivity contribution < 1.29 is 4.79 Å². The summed E-state index contributed by atoms with van der Waals surface area (Å²) >= 11 is 0. The van der Waals surface area contributed by atoms with E-state index in [4.69, 9.17) is 5.73 Å². The lowest BCUT2D eigenvalue weighted by Crippen LogP contribution is -2.41. The molecule has 0 aromatic carbocycles. The first-order chi connectivity index (χ1) is 9.47. The summed E-state index contributed by atoms with van der Waals surface area (Å²) < 4.78 is 1.35. The highest BCUT2D eigenvalue weighted by atomic mass is 16.2. The van der Waals surface area contributed by atoms with Crippen LogP contribution in [0.25, 0.3) is 0 Å². The summed E-state index contributed by atoms with van der Waals surface area (Å²) in [6.45, 7) is 1.82. The van der Waals surface area contributed by atoms with Crippen molar-refractivity contribution >= 4 is 11.6 Å². The van der Waals surface area contributed by atoms with Crippen LogP contribution in [-0.2, 0) is 11.3 Å². The van der Waals surface area contributed by atoms with Crippen LogP contribution in [0.3, 0.4) is 0 Å². The van der Waals surface area contributed by atoms with Crippen LogP contribution >= 0.6 is 0 Å². The quantitative estimate of drug-likeness (QED) is 0.840. The molecule has 1 aliphatic rings. The third kappa shape index (κ3) is 3.39. The van der Waals surface area contributed by atoms with E-state index in [2.05, 4.69) is 11.9 Å². The average Bonchev–Trinajstić information content (AvgIpc) is 2.79. The van der Waals surface area contributed by atoms with Crippen LogP contribution in [0.4, 0.5) is 5.69 Å². The summed E-state index contributed by atoms with van der Waals surface area (Å²) in [5, 5.41) is 0. The second-order valence-electron chi connectivity index (χ2n) is 5.48. The number of nitrogens with zero attached hydrogens (tertiary/aromatic N) is 3. The lowest BCUT2D eigenvalue weighted by atomic mass is 10.2. The van der Waals surface area contributed by atoms with Crippen molar-refractivity contribution in [2.45, 2.75) is 25.4 Å². The summed E-state index contributed by atoms with van der Waals surface area (Å²) in [5.41, 5.74) is 5.91. The van der Waals surface area contributed by atoms with E-state index in [1.54, 1.807) is 18.0 Å². The lowest BCUT2D eigenvalue weighted by molar-refractivity contribution is -0.131. The molecule has 0 bridgehead atoms. The van der Waals surface area contributed by atoms with Gasteiger partial charge in [0.1, 0.15) is 6.54 Å². The standard InChI is InChI=1S/C14H22N4O2/c1-16-7-3-4-12(16)9-17(2)14(20)10-18-8-11(15)5-6-13(18)19/h5-6,8,12H,3-4,7,9-10,15H2,1-2H3. The van der Waals surface area contributed by atoms with Crippen LogP contribution in [-0.4, -0.2) is 53.5 Å². The Morgan fingerprint density at radius 2 is 2.25 bits per heavy atom. The molecule has 2 heterocycles. The third-order valence-corrected chi connectivity index (χ3v) is 3.89. The van der Waals surface area contributed by atoms with Gasteiger partial charge in [0, 0.05) is 37.6 Å². The van der Waals surface area contributed by atoms with Crippen LogP contribution in [0.15, 0.2) is 23.1 Å². The maximum absolute atomic E-state index is 12.2. The molecule has 1 atom stereocenters. The van der Waals surface area contributed by atoms with Crippen molar-refractivity contribution in [2.75, 3.05) is 32.9 Å². The van der Waals surface area contributed by atoms with Gasteiger partial charge in [0.25, 0.3) is 5.56 Å². The van der Waals surface area contributed by atoms with E-state index < -0.39 is 0 Å². The highest BCUT2D eigenvalue weighted by molar-refractivity contribution is 5.75. The molecule has 1 fully saturated rings. The van der Waals surface area contributed by atoms with Crippen molar-refractivity contribution in [1.29, 1.82) is 0 Å². The monoisotopic (exact) mass is 278 g/mol. The zero-order valence-electron chi connectivity index (χ0n) is 12.1. The highest BCUT2D eigenvalue weighted by Gasteiger charge is 2.23. The van der Waals surface area contributed by atoms with Crippen molar-refractivity contribution in [3.05, 3.63) is 28.7 Å². The predicted octanol–water partition coefficient (Wildman–Crippen LogP) is -0.0169. The van der Waals surface area contributed by atoms with Gasteiger partial charge in [-0.1, -0.05) is 0 Å². The van der Waals surface area contributed by atoms with E-state index in [9.17, 15) is 9.59 Å². The van der Waals surface area contributed by atoms with Crippen molar-refractivity contribution in [3.63, 3.8) is 0 Å². The normalized spacial score (nSPS) is 19.2. The first-order valence-electron chi connectivity index (χ1n) is 6.87. The molecule has 2 rings (SSSR count). The molecule has 1 saturated heterocycles. The molecule has 0 spiro atoms. The molecule has 1 aromatic heterocycles. The maximum Gasteiger partial charge on any atom is 0.251 e. The molecule has 0 saturated carbocycles. The molecule has 0 aliphatic carbocycles. The van der Waals surface area contributed by atoms with Gasteiger partial charge in [-0.15, -0.1) is 0 Å². The third-order valence-electron chi connectivity index (χ3n) is 3.89. The van der Waals surface area contributed by atoms with Crippen molar-refractivity contribution in [2.24, 2.45) is 0 Å². The molecular weight excluding hydrogens is 256 g/mol. The largest absolute Gasteiger partial charge is 0.398 e. The molecule has 20 heavy (non-hydrogen) atoms. The maximum atomic E-state index is 12.2. The van der Waals surface area contributed by atoms with Crippen LogP contribution in [0.1, 0.15) is 12.8 Å². The Kier molecular flexibility index (Phi) is 4.44. The molecule has 1 aromatic rings. The van der Waals surface area contributed by atoms with Gasteiger partial charge in [-0.25, -0.2) is 0 Å². The van der Waals surface area contributed by atoms with Gasteiger partial charge in [0.15, 0.2) is 0 Å². The number of pyridine rings is 1. The van der Waals surface area contributed by atoms with Gasteiger partial charge < -0.3 is 20.1 Å². The number of aromatic nitrogens is 1. The van der Waals surface area contributed by atoms with Gasteiger partial charge in [-0.3, -0.25) is 9.59 Å². The summed E-state index contributed by atoms with van der Waals surface area (Å²) in [6.07, 6.45) is 3.81. The molecule has 0 radical (unpaired) electrons. The topological polar surface area (TPSA) is 71.6 Å². The summed E-state index contributed by atoms with van der Waals surface area (Å²) in [5.74, 6) is -0.0713. The van der Waals surface area contributed by atoms with Gasteiger partial charge >= 0.3 is 0 Å². The number of nitrogen functional groups attached to an aromatic ring is 1. The van der Waals surface area contributed by atoms with Gasteiger partial charge in [-0.2, -0.15) is 0 Å². The summed E-state index contributed by atoms with van der Waals surface area (Å²) in [4.78, 5) is 27.8. The van der Waals surface area contributed by atoms with Crippen molar-refractivity contribution in [1.82, 2.24) is 14.4 Å². The van der Waals surface area contributed by atoms with Crippen LogP contribution in [0.5, 0.6) is 0 Å². The Morgan fingerprint density at radius 3 is 2.90 bits per heavy atom. The van der Waals surface area contributed by atoms with E-state index in [0.717, 1.165) is 13.0 Å². The number of amides is 1. The van der Waals surface area contributed by atoms with E-state index in [1.165, 1.54) is 23.3 Å². The number of carbonyl (C=O) groups is 1. The minimum atomic E-state index is -0.209. The van der Waals surface area contributed by atoms with E-state index >= 15 is 0 Å².